The van der Waals surface area contributed by atoms with E-state index >= 15 is 0 Å². The molecule has 1 aliphatic heterocycles. The van der Waals surface area contributed by atoms with E-state index in [1.807, 2.05) is 20.8 Å². The second-order valence-corrected chi connectivity index (χ2v) is 7.02. The van der Waals surface area contributed by atoms with Gasteiger partial charge in [0.05, 0.1) is 4.90 Å². The van der Waals surface area contributed by atoms with Gasteiger partial charge in [-0.15, -0.1) is 4.31 Å². The molecule has 0 N–H and O–H groups in total. The van der Waals surface area contributed by atoms with Crippen molar-refractivity contribution in [3.05, 3.63) is 29.8 Å². The number of rotatable bonds is 4. The molecule has 110 valence electrons. The van der Waals surface area contributed by atoms with Crippen LogP contribution in [0.15, 0.2) is 29.2 Å². The van der Waals surface area contributed by atoms with Crippen LogP contribution in [0.3, 0.4) is 0 Å². The number of carbonyl (C=O) groups excluding carboxylic acids is 1. The van der Waals surface area contributed by atoms with E-state index in [2.05, 4.69) is 0 Å². The molecule has 1 fully saturated rings. The first kappa shape index (κ1) is 15.0. The second kappa shape index (κ2) is 5.54. The van der Waals surface area contributed by atoms with Crippen LogP contribution in [-0.4, -0.2) is 31.5 Å². The normalized spacial score (nSPS) is 21.8. The molecule has 0 aromatic heterocycles. The van der Waals surface area contributed by atoms with Crippen molar-refractivity contribution in [3.8, 4) is 0 Å². The molecule has 0 aliphatic carbocycles. The van der Waals surface area contributed by atoms with Gasteiger partial charge in [-0.25, -0.2) is 8.42 Å². The Morgan fingerprint density at radius 1 is 1.35 bits per heavy atom. The average molecular weight is 297 g/mol. The summed E-state index contributed by atoms with van der Waals surface area (Å²) in [7, 11) is -3.71. The van der Waals surface area contributed by atoms with Crippen molar-refractivity contribution >= 4 is 16.0 Å². The molecule has 1 heterocycles. The molecule has 1 aromatic carbocycles. The van der Waals surface area contributed by atoms with Crippen LogP contribution < -0.4 is 0 Å². The fourth-order valence-corrected chi connectivity index (χ4v) is 3.75. The van der Waals surface area contributed by atoms with E-state index in [4.69, 9.17) is 4.74 Å². The van der Waals surface area contributed by atoms with Crippen LogP contribution in [-0.2, 0) is 19.6 Å². The van der Waals surface area contributed by atoms with Crippen molar-refractivity contribution in [1.29, 1.82) is 0 Å². The van der Waals surface area contributed by atoms with Gasteiger partial charge in [0.1, 0.15) is 6.04 Å². The number of cyclic esters (lactones) is 1. The summed E-state index contributed by atoms with van der Waals surface area (Å²) in [4.78, 5) is 12.0. The molecule has 0 radical (unpaired) electrons. The molecule has 2 atom stereocenters. The van der Waals surface area contributed by atoms with Gasteiger partial charge in [-0.1, -0.05) is 38.0 Å². The molecule has 0 saturated carbocycles. The van der Waals surface area contributed by atoms with E-state index < -0.39 is 22.0 Å². The summed E-state index contributed by atoms with van der Waals surface area (Å²) in [5.41, 5.74) is 0.983. The highest BCUT2D eigenvalue weighted by molar-refractivity contribution is 7.89. The van der Waals surface area contributed by atoms with Crippen molar-refractivity contribution in [1.82, 2.24) is 4.31 Å². The Morgan fingerprint density at radius 2 is 1.95 bits per heavy atom. The lowest BCUT2D eigenvalue weighted by Gasteiger charge is -2.23. The van der Waals surface area contributed by atoms with Gasteiger partial charge in [0.15, 0.2) is 6.73 Å². The van der Waals surface area contributed by atoms with E-state index in [1.54, 1.807) is 24.3 Å². The van der Waals surface area contributed by atoms with Gasteiger partial charge in [0, 0.05) is 0 Å². The highest BCUT2D eigenvalue weighted by atomic mass is 32.2. The fourth-order valence-electron chi connectivity index (χ4n) is 2.21. The van der Waals surface area contributed by atoms with Gasteiger partial charge in [0.25, 0.3) is 0 Å². The van der Waals surface area contributed by atoms with E-state index in [-0.39, 0.29) is 17.5 Å². The molecule has 6 heteroatoms. The van der Waals surface area contributed by atoms with Crippen LogP contribution in [0.2, 0.25) is 0 Å². The Hall–Kier alpha value is -1.40. The smallest absolute Gasteiger partial charge is 0.326 e. The molecule has 1 aliphatic rings. The lowest BCUT2D eigenvalue weighted by molar-refractivity contribution is -0.140. The van der Waals surface area contributed by atoms with Crippen LogP contribution in [0.25, 0.3) is 0 Å². The number of aryl methyl sites for hydroxylation is 1. The van der Waals surface area contributed by atoms with Crippen LogP contribution in [0, 0.1) is 12.8 Å². The Bertz CT molecular complexity index is 594. The SMILES string of the molecule is CCC(C)[C@H]1C(=O)OCN1S(=O)(=O)c1ccc(C)cc1. The molecule has 1 saturated heterocycles. The Balaban J connectivity index is 2.38. The van der Waals surface area contributed by atoms with Crippen molar-refractivity contribution in [3.63, 3.8) is 0 Å². The van der Waals surface area contributed by atoms with Crippen molar-refractivity contribution in [2.45, 2.75) is 38.1 Å². The summed E-state index contributed by atoms with van der Waals surface area (Å²) in [5.74, 6) is -0.541. The fraction of sp³-hybridized carbons (Fsp3) is 0.500. The van der Waals surface area contributed by atoms with Crippen molar-refractivity contribution in [2.75, 3.05) is 6.73 Å². The number of nitrogens with zero attached hydrogens (tertiary/aromatic N) is 1. The van der Waals surface area contributed by atoms with Gasteiger partial charge >= 0.3 is 5.97 Å². The van der Waals surface area contributed by atoms with Crippen LogP contribution in [0.1, 0.15) is 25.8 Å². The van der Waals surface area contributed by atoms with Gasteiger partial charge < -0.3 is 4.74 Å². The third-order valence-corrected chi connectivity index (χ3v) is 5.51. The van der Waals surface area contributed by atoms with Crippen LogP contribution in [0.4, 0.5) is 0 Å². The van der Waals surface area contributed by atoms with E-state index in [0.717, 1.165) is 9.87 Å². The first-order valence-electron chi connectivity index (χ1n) is 6.63. The minimum Gasteiger partial charge on any atom is -0.447 e. The van der Waals surface area contributed by atoms with Crippen molar-refractivity contribution in [2.24, 2.45) is 5.92 Å². The summed E-state index contributed by atoms with van der Waals surface area (Å²) in [6, 6.07) is 5.86. The number of hydrogen-bond acceptors (Lipinski definition) is 4. The largest absolute Gasteiger partial charge is 0.447 e. The standard InChI is InChI=1S/C14H19NO4S/c1-4-11(3)13-14(16)19-9-15(13)20(17,18)12-7-5-10(2)6-8-12/h5-8,11,13H,4,9H2,1-3H3/t11?,13-/m0/s1. The predicted molar refractivity (Wildman–Crippen MR) is 74.4 cm³/mol. The van der Waals surface area contributed by atoms with E-state index in [9.17, 15) is 13.2 Å². The maximum Gasteiger partial charge on any atom is 0.326 e. The Kier molecular flexibility index (Phi) is 4.15. The zero-order valence-electron chi connectivity index (χ0n) is 11.9. The highest BCUT2D eigenvalue weighted by Gasteiger charge is 2.45. The number of benzene rings is 1. The second-order valence-electron chi connectivity index (χ2n) is 5.13. The molecule has 1 unspecified atom stereocenters. The molecule has 20 heavy (non-hydrogen) atoms. The molecule has 2 rings (SSSR count). The number of sulfonamides is 1. The zero-order valence-corrected chi connectivity index (χ0v) is 12.7. The van der Waals surface area contributed by atoms with Gasteiger partial charge in [-0.2, -0.15) is 0 Å². The molecule has 0 spiro atoms. The molecular formula is C14H19NO4S. The molecule has 0 bridgehead atoms. The third kappa shape index (κ3) is 2.58. The first-order valence-corrected chi connectivity index (χ1v) is 8.07. The predicted octanol–water partition coefficient (Wildman–Crippen LogP) is 1.91. The lowest BCUT2D eigenvalue weighted by atomic mass is 10.0. The summed E-state index contributed by atoms with van der Waals surface area (Å²) in [6.45, 7) is 5.47. The summed E-state index contributed by atoms with van der Waals surface area (Å²) in [6.07, 6.45) is 0.708. The molecule has 0 amide bonds. The van der Waals surface area contributed by atoms with Crippen LogP contribution in [0.5, 0.6) is 0 Å². The minimum absolute atomic E-state index is 0.0785. The summed E-state index contributed by atoms with van der Waals surface area (Å²) >= 11 is 0. The maximum absolute atomic E-state index is 12.6. The van der Waals surface area contributed by atoms with E-state index in [1.165, 1.54) is 0 Å². The number of hydrogen-bond donors (Lipinski definition) is 0. The topological polar surface area (TPSA) is 63.7 Å². The average Bonchev–Trinajstić information content (AvgIpc) is 2.81. The van der Waals surface area contributed by atoms with Crippen LogP contribution >= 0.6 is 0 Å². The number of carbonyl (C=O) groups is 1. The number of ether oxygens (including phenoxy) is 1. The maximum atomic E-state index is 12.6. The number of esters is 1. The monoisotopic (exact) mass is 297 g/mol. The zero-order chi connectivity index (χ0) is 14.9. The molecular weight excluding hydrogens is 278 g/mol. The molecule has 5 nitrogen and oxygen atoms in total. The lowest BCUT2D eigenvalue weighted by Crippen LogP contribution is -2.42. The highest BCUT2D eigenvalue weighted by Crippen LogP contribution is 2.28. The van der Waals surface area contributed by atoms with E-state index in [0.29, 0.717) is 6.42 Å². The minimum atomic E-state index is -3.71. The summed E-state index contributed by atoms with van der Waals surface area (Å²) in [5, 5.41) is 0. The van der Waals surface area contributed by atoms with Crippen molar-refractivity contribution < 1.29 is 17.9 Å². The quantitative estimate of drug-likeness (QED) is 0.796. The third-order valence-electron chi connectivity index (χ3n) is 3.70. The van der Waals surface area contributed by atoms with Gasteiger partial charge in [-0.3, -0.25) is 4.79 Å². The summed E-state index contributed by atoms with van der Waals surface area (Å²) < 4.78 is 31.3. The van der Waals surface area contributed by atoms with Gasteiger partial charge in [0.2, 0.25) is 10.0 Å². The first-order chi connectivity index (χ1) is 9.37. The molecule has 1 aromatic rings. The Labute approximate surface area is 119 Å². The Morgan fingerprint density at radius 3 is 2.50 bits per heavy atom. The van der Waals surface area contributed by atoms with Gasteiger partial charge in [-0.05, 0) is 25.0 Å².